The Bertz CT molecular complexity index is 92.2. The summed E-state index contributed by atoms with van der Waals surface area (Å²) in [4.78, 5) is 4.72. The van der Waals surface area contributed by atoms with Crippen LogP contribution >= 0.6 is 0 Å². The lowest BCUT2D eigenvalue weighted by Crippen LogP contribution is -2.12. The molecule has 4 N–H and O–H groups in total. The van der Waals surface area contributed by atoms with E-state index in [0.717, 1.165) is 5.71 Å². The Morgan fingerprint density at radius 3 is 2.67 bits per heavy atom. The van der Waals surface area contributed by atoms with E-state index in [-0.39, 0.29) is 0 Å². The summed E-state index contributed by atoms with van der Waals surface area (Å²) in [7, 11) is 0. The Morgan fingerprint density at radius 1 is 1.56 bits per heavy atom. The first-order chi connectivity index (χ1) is 4.31. The molecular weight excluding hydrogens is 118 g/mol. The van der Waals surface area contributed by atoms with Gasteiger partial charge in [0.2, 0.25) is 0 Å². The molecule has 0 aliphatic heterocycles. The van der Waals surface area contributed by atoms with Crippen molar-refractivity contribution >= 4 is 5.71 Å². The Labute approximate surface area is 54.8 Å². The van der Waals surface area contributed by atoms with Crippen LogP contribution in [0.1, 0.15) is 6.92 Å². The van der Waals surface area contributed by atoms with E-state index in [1.165, 1.54) is 0 Å². The molecule has 0 bridgehead atoms. The average Bonchev–Trinajstić information content (AvgIpc) is 1.89. The van der Waals surface area contributed by atoms with Crippen molar-refractivity contribution in [2.24, 2.45) is 16.6 Å². The minimum Gasteiger partial charge on any atom is -0.394 e. The monoisotopic (exact) mass is 131 g/mol. The van der Waals surface area contributed by atoms with Gasteiger partial charge in [0.25, 0.3) is 0 Å². The van der Waals surface area contributed by atoms with E-state index < -0.39 is 0 Å². The van der Waals surface area contributed by atoms with Crippen LogP contribution in [0, 0.1) is 0 Å². The summed E-state index contributed by atoms with van der Waals surface area (Å²) in [6.07, 6.45) is 0. The molecule has 0 saturated carbocycles. The van der Waals surface area contributed by atoms with Crippen LogP contribution in [-0.2, 0) is 4.84 Å². The number of rotatable bonds is 4. The van der Waals surface area contributed by atoms with Gasteiger partial charge in [-0.05, 0) is 6.92 Å². The van der Waals surface area contributed by atoms with Crippen LogP contribution in [0.4, 0.5) is 0 Å². The van der Waals surface area contributed by atoms with E-state index in [0.29, 0.717) is 19.7 Å². The molecule has 0 aliphatic carbocycles. The highest BCUT2D eigenvalue weighted by Crippen LogP contribution is 1.76. The van der Waals surface area contributed by atoms with E-state index in [4.69, 9.17) is 16.3 Å². The largest absolute Gasteiger partial charge is 0.394 e. The van der Waals surface area contributed by atoms with Crippen LogP contribution < -0.4 is 11.5 Å². The maximum atomic E-state index is 5.21. The molecule has 0 aliphatic rings. The van der Waals surface area contributed by atoms with Gasteiger partial charge < -0.3 is 16.3 Å². The molecule has 0 rings (SSSR count). The molecule has 4 heteroatoms. The Hall–Kier alpha value is -0.610. The Morgan fingerprint density at radius 2 is 2.22 bits per heavy atom. The van der Waals surface area contributed by atoms with Crippen molar-refractivity contribution in [3.63, 3.8) is 0 Å². The molecule has 0 aromatic rings. The Kier molecular flexibility index (Phi) is 5.15. The second-order valence-electron chi connectivity index (χ2n) is 1.65. The molecule has 0 atom stereocenters. The average molecular weight is 131 g/mol. The minimum absolute atomic E-state index is 0.435. The minimum atomic E-state index is 0.435. The van der Waals surface area contributed by atoms with E-state index in [9.17, 15) is 0 Å². The maximum Gasteiger partial charge on any atom is 0.129 e. The number of nitrogens with two attached hydrogens (primary N) is 2. The van der Waals surface area contributed by atoms with Crippen LogP contribution in [0.5, 0.6) is 0 Å². The summed E-state index contributed by atoms with van der Waals surface area (Å²) in [5.74, 6) is 0. The smallest absolute Gasteiger partial charge is 0.129 e. The third-order valence-corrected chi connectivity index (χ3v) is 0.725. The van der Waals surface area contributed by atoms with E-state index in [1.54, 1.807) is 6.92 Å². The van der Waals surface area contributed by atoms with Crippen molar-refractivity contribution in [3.05, 3.63) is 0 Å². The highest BCUT2D eigenvalue weighted by molar-refractivity contribution is 5.83. The molecule has 0 unspecified atom stereocenters. The van der Waals surface area contributed by atoms with E-state index in [2.05, 4.69) is 5.16 Å². The highest BCUT2D eigenvalue weighted by Gasteiger charge is 1.83. The quantitative estimate of drug-likeness (QED) is 0.301. The molecule has 0 radical (unpaired) electrons. The fourth-order valence-corrected chi connectivity index (χ4v) is 0.246. The number of oxime groups is 1. The van der Waals surface area contributed by atoms with Crippen molar-refractivity contribution < 1.29 is 4.84 Å². The maximum absolute atomic E-state index is 5.21. The lowest BCUT2D eigenvalue weighted by molar-refractivity contribution is 0.152. The van der Waals surface area contributed by atoms with Gasteiger partial charge in [-0.1, -0.05) is 5.16 Å². The van der Waals surface area contributed by atoms with Gasteiger partial charge in [-0.3, -0.25) is 0 Å². The molecule has 0 fully saturated rings. The van der Waals surface area contributed by atoms with Gasteiger partial charge in [0.05, 0.1) is 5.71 Å². The second-order valence-corrected chi connectivity index (χ2v) is 1.65. The summed E-state index contributed by atoms with van der Waals surface area (Å²) in [6.45, 7) is 3.18. The van der Waals surface area contributed by atoms with Gasteiger partial charge in [-0.25, -0.2) is 0 Å². The van der Waals surface area contributed by atoms with Gasteiger partial charge in [-0.2, -0.15) is 0 Å². The first-order valence-corrected chi connectivity index (χ1v) is 2.86. The normalized spacial score (nSPS) is 11.7. The molecule has 0 amide bonds. The van der Waals surface area contributed by atoms with Crippen molar-refractivity contribution in [1.82, 2.24) is 0 Å². The number of hydrogen-bond acceptors (Lipinski definition) is 4. The van der Waals surface area contributed by atoms with Gasteiger partial charge in [0.1, 0.15) is 6.61 Å². The van der Waals surface area contributed by atoms with Crippen molar-refractivity contribution in [3.8, 4) is 0 Å². The van der Waals surface area contributed by atoms with Crippen molar-refractivity contribution in [2.75, 3.05) is 19.7 Å². The molecule has 0 aromatic carbocycles. The molecule has 0 spiro atoms. The zero-order chi connectivity index (χ0) is 7.11. The van der Waals surface area contributed by atoms with Crippen molar-refractivity contribution in [1.29, 1.82) is 0 Å². The predicted octanol–water partition coefficient (Wildman–Crippen LogP) is -0.704. The fourth-order valence-electron chi connectivity index (χ4n) is 0.246. The Balaban J connectivity index is 3.21. The van der Waals surface area contributed by atoms with Crippen LogP contribution in [0.25, 0.3) is 0 Å². The van der Waals surface area contributed by atoms with Crippen LogP contribution in [0.15, 0.2) is 5.16 Å². The number of nitrogens with zero attached hydrogens (tertiary/aromatic N) is 1. The molecule has 9 heavy (non-hydrogen) atoms. The first kappa shape index (κ1) is 8.39. The van der Waals surface area contributed by atoms with E-state index >= 15 is 0 Å². The van der Waals surface area contributed by atoms with Crippen LogP contribution in [0.2, 0.25) is 0 Å². The molecule has 0 heterocycles. The summed E-state index contributed by atoms with van der Waals surface area (Å²) in [5, 5.41) is 3.64. The lowest BCUT2D eigenvalue weighted by Gasteiger charge is -1.95. The summed E-state index contributed by atoms with van der Waals surface area (Å²) in [6, 6.07) is 0. The third-order valence-electron chi connectivity index (χ3n) is 0.725. The summed E-state index contributed by atoms with van der Waals surface area (Å²) in [5.41, 5.74) is 11.1. The second kappa shape index (κ2) is 5.53. The molecule has 54 valence electrons. The zero-order valence-corrected chi connectivity index (χ0v) is 5.63. The third kappa shape index (κ3) is 5.26. The SMILES string of the molecule is C/C(CN)=N\OCCN. The molecule has 0 saturated heterocycles. The van der Waals surface area contributed by atoms with Gasteiger partial charge >= 0.3 is 0 Å². The van der Waals surface area contributed by atoms with Gasteiger partial charge in [-0.15, -0.1) is 0 Å². The standard InChI is InChI=1S/C5H13N3O/c1-5(4-7)8-9-3-2-6/h2-4,6-7H2,1H3/b8-5+. The van der Waals surface area contributed by atoms with Gasteiger partial charge in [0.15, 0.2) is 0 Å². The van der Waals surface area contributed by atoms with Crippen LogP contribution in [0.3, 0.4) is 0 Å². The summed E-state index contributed by atoms with van der Waals surface area (Å²) >= 11 is 0. The molecule has 4 nitrogen and oxygen atoms in total. The topological polar surface area (TPSA) is 73.6 Å². The summed E-state index contributed by atoms with van der Waals surface area (Å²) < 4.78 is 0. The number of hydrogen-bond donors (Lipinski definition) is 2. The fraction of sp³-hybridized carbons (Fsp3) is 0.800. The van der Waals surface area contributed by atoms with Gasteiger partial charge in [0, 0.05) is 13.1 Å². The predicted molar refractivity (Wildman–Crippen MR) is 37.2 cm³/mol. The van der Waals surface area contributed by atoms with Crippen LogP contribution in [-0.4, -0.2) is 25.4 Å². The first-order valence-electron chi connectivity index (χ1n) is 2.86. The van der Waals surface area contributed by atoms with Crippen molar-refractivity contribution in [2.45, 2.75) is 6.92 Å². The molecular formula is C5H13N3O. The zero-order valence-electron chi connectivity index (χ0n) is 5.63. The lowest BCUT2D eigenvalue weighted by atomic mass is 10.4. The highest BCUT2D eigenvalue weighted by atomic mass is 16.6. The molecule has 0 aromatic heterocycles. The van der Waals surface area contributed by atoms with E-state index in [1.807, 2.05) is 0 Å².